The quantitative estimate of drug-likeness (QED) is 0.753. The second-order valence-corrected chi connectivity index (χ2v) is 9.15. The van der Waals surface area contributed by atoms with Gasteiger partial charge in [0.2, 0.25) is 11.8 Å². The Bertz CT molecular complexity index is 675. The van der Waals surface area contributed by atoms with Gasteiger partial charge in [0.15, 0.2) is 0 Å². The van der Waals surface area contributed by atoms with Gasteiger partial charge in [0.05, 0.1) is 0 Å². The lowest BCUT2D eigenvalue weighted by atomic mass is 9.86. The Morgan fingerprint density at radius 2 is 1.66 bits per heavy atom. The molecule has 0 unspecified atom stereocenters. The number of carbonyl (C=O) groups excluding carboxylic acids is 2. The van der Waals surface area contributed by atoms with Gasteiger partial charge in [-0.05, 0) is 61.1 Å². The number of nitrogens with zero attached hydrogens (tertiary/aromatic N) is 1. The van der Waals surface area contributed by atoms with Gasteiger partial charge in [-0.25, -0.2) is 4.39 Å². The van der Waals surface area contributed by atoms with E-state index in [0.29, 0.717) is 31.3 Å². The van der Waals surface area contributed by atoms with Crippen LogP contribution in [-0.2, 0) is 9.59 Å². The molecule has 2 aliphatic rings. The fourth-order valence-electron chi connectivity index (χ4n) is 4.76. The number of rotatable bonds is 6. The van der Waals surface area contributed by atoms with Crippen LogP contribution < -0.4 is 5.32 Å². The van der Waals surface area contributed by atoms with Crippen molar-refractivity contribution in [1.82, 2.24) is 10.2 Å². The fourth-order valence-corrected chi connectivity index (χ4v) is 4.76. The van der Waals surface area contributed by atoms with E-state index in [4.69, 9.17) is 0 Å². The summed E-state index contributed by atoms with van der Waals surface area (Å²) in [6.07, 6.45) is 8.26. The zero-order valence-electron chi connectivity index (χ0n) is 17.8. The van der Waals surface area contributed by atoms with Gasteiger partial charge in [-0.1, -0.05) is 45.2 Å². The van der Waals surface area contributed by atoms with E-state index in [0.717, 1.165) is 31.2 Å². The third kappa shape index (κ3) is 6.03. The maximum Gasteiger partial charge on any atom is 0.245 e. The average Bonchev–Trinajstić information content (AvgIpc) is 2.73. The van der Waals surface area contributed by atoms with Gasteiger partial charge in [0, 0.05) is 19.5 Å². The molecular formula is C24H35FN2O2. The minimum Gasteiger partial charge on any atom is -0.344 e. The van der Waals surface area contributed by atoms with Crippen molar-refractivity contribution in [3.63, 3.8) is 0 Å². The molecule has 0 bridgehead atoms. The van der Waals surface area contributed by atoms with Crippen molar-refractivity contribution < 1.29 is 14.0 Å². The number of amides is 2. The molecule has 1 N–H and O–H groups in total. The summed E-state index contributed by atoms with van der Waals surface area (Å²) in [7, 11) is 0. The number of benzene rings is 1. The Morgan fingerprint density at radius 3 is 2.24 bits per heavy atom. The van der Waals surface area contributed by atoms with Gasteiger partial charge >= 0.3 is 0 Å². The summed E-state index contributed by atoms with van der Waals surface area (Å²) in [5.41, 5.74) is 1.14. The van der Waals surface area contributed by atoms with E-state index in [2.05, 4.69) is 5.32 Å². The van der Waals surface area contributed by atoms with Gasteiger partial charge in [0.1, 0.15) is 11.9 Å². The predicted octanol–water partition coefficient (Wildman–Crippen LogP) is 4.64. The number of likely N-dealkylation sites (tertiary alicyclic amines) is 1. The molecule has 0 radical (unpaired) electrons. The minimum absolute atomic E-state index is 0.0187. The largest absolute Gasteiger partial charge is 0.344 e. The summed E-state index contributed by atoms with van der Waals surface area (Å²) in [5, 5.41) is 3.04. The third-order valence-corrected chi connectivity index (χ3v) is 6.60. The average molecular weight is 403 g/mol. The first-order valence-corrected chi connectivity index (χ1v) is 11.3. The number of nitrogens with one attached hydrogen (secondary N) is 1. The molecule has 0 spiro atoms. The molecule has 1 atom stereocenters. The summed E-state index contributed by atoms with van der Waals surface area (Å²) in [6, 6.07) is 6.25. The smallest absolute Gasteiger partial charge is 0.245 e. The topological polar surface area (TPSA) is 49.4 Å². The van der Waals surface area contributed by atoms with Crippen LogP contribution in [0, 0.1) is 17.7 Å². The van der Waals surface area contributed by atoms with Crippen LogP contribution in [0.15, 0.2) is 24.3 Å². The SMILES string of the molecule is CC(C)[C@@H](NC(=O)CC1CCCCC1)C(=O)N1CCC(c2ccc(F)cc2)CC1. The van der Waals surface area contributed by atoms with Crippen molar-refractivity contribution in [1.29, 1.82) is 0 Å². The molecular weight excluding hydrogens is 367 g/mol. The van der Waals surface area contributed by atoms with Gasteiger partial charge in [0.25, 0.3) is 0 Å². The van der Waals surface area contributed by atoms with E-state index in [1.807, 2.05) is 30.9 Å². The van der Waals surface area contributed by atoms with Crippen molar-refractivity contribution in [3.05, 3.63) is 35.6 Å². The number of hydrogen-bond donors (Lipinski definition) is 1. The zero-order chi connectivity index (χ0) is 20.8. The minimum atomic E-state index is -0.450. The molecule has 4 nitrogen and oxygen atoms in total. The summed E-state index contributed by atoms with van der Waals surface area (Å²) >= 11 is 0. The standard InChI is InChI=1S/C24H35FN2O2/c1-17(2)23(26-22(28)16-18-6-4-3-5-7-18)24(29)27-14-12-20(13-15-27)19-8-10-21(25)11-9-19/h8-11,17-18,20,23H,3-7,12-16H2,1-2H3,(H,26,28)/t23-/m1/s1. The Hall–Kier alpha value is -1.91. The zero-order valence-corrected chi connectivity index (χ0v) is 17.8. The molecule has 2 amide bonds. The monoisotopic (exact) mass is 402 g/mol. The number of halogens is 1. The molecule has 160 valence electrons. The van der Waals surface area contributed by atoms with Gasteiger partial charge in [-0.2, -0.15) is 0 Å². The van der Waals surface area contributed by atoms with Crippen molar-refractivity contribution in [3.8, 4) is 0 Å². The van der Waals surface area contributed by atoms with Crippen LogP contribution in [0.25, 0.3) is 0 Å². The van der Waals surface area contributed by atoms with E-state index < -0.39 is 6.04 Å². The second kappa shape index (κ2) is 10.2. The van der Waals surface area contributed by atoms with Crippen LogP contribution in [-0.4, -0.2) is 35.8 Å². The lowest BCUT2D eigenvalue weighted by Gasteiger charge is -2.35. The summed E-state index contributed by atoms with van der Waals surface area (Å²) < 4.78 is 13.2. The van der Waals surface area contributed by atoms with Crippen LogP contribution in [0.1, 0.15) is 76.7 Å². The van der Waals surface area contributed by atoms with Crippen LogP contribution in [0.3, 0.4) is 0 Å². The van der Waals surface area contributed by atoms with Crippen molar-refractivity contribution in [2.75, 3.05) is 13.1 Å². The molecule has 3 rings (SSSR count). The maximum absolute atomic E-state index is 13.2. The lowest BCUT2D eigenvalue weighted by molar-refractivity contribution is -0.138. The summed E-state index contributed by atoms with van der Waals surface area (Å²) in [4.78, 5) is 27.6. The summed E-state index contributed by atoms with van der Waals surface area (Å²) in [6.45, 7) is 5.36. The van der Waals surface area contributed by atoms with Crippen LogP contribution in [0.4, 0.5) is 4.39 Å². The molecule has 5 heteroatoms. The highest BCUT2D eigenvalue weighted by molar-refractivity contribution is 5.88. The molecule has 29 heavy (non-hydrogen) atoms. The van der Waals surface area contributed by atoms with Gasteiger partial charge in [-0.15, -0.1) is 0 Å². The Morgan fingerprint density at radius 1 is 1.03 bits per heavy atom. The third-order valence-electron chi connectivity index (χ3n) is 6.60. The molecule has 0 aromatic heterocycles. The Labute approximate surface area is 174 Å². The van der Waals surface area contributed by atoms with E-state index in [9.17, 15) is 14.0 Å². The lowest BCUT2D eigenvalue weighted by Crippen LogP contribution is -2.53. The Kier molecular flexibility index (Phi) is 7.68. The Balaban J connectivity index is 1.52. The fraction of sp³-hybridized carbons (Fsp3) is 0.667. The van der Waals surface area contributed by atoms with E-state index in [1.165, 1.54) is 31.4 Å². The predicted molar refractivity (Wildman–Crippen MR) is 113 cm³/mol. The molecule has 1 saturated carbocycles. The van der Waals surface area contributed by atoms with Crippen molar-refractivity contribution in [2.24, 2.45) is 11.8 Å². The molecule has 2 fully saturated rings. The number of carbonyl (C=O) groups is 2. The van der Waals surface area contributed by atoms with E-state index in [-0.39, 0.29) is 23.5 Å². The van der Waals surface area contributed by atoms with Gasteiger partial charge < -0.3 is 10.2 Å². The maximum atomic E-state index is 13.2. The van der Waals surface area contributed by atoms with Crippen molar-refractivity contribution >= 4 is 11.8 Å². The highest BCUT2D eigenvalue weighted by atomic mass is 19.1. The molecule has 1 aliphatic carbocycles. The van der Waals surface area contributed by atoms with Crippen LogP contribution >= 0.6 is 0 Å². The highest BCUT2D eigenvalue weighted by Crippen LogP contribution is 2.29. The molecule has 1 aromatic rings. The van der Waals surface area contributed by atoms with Crippen molar-refractivity contribution in [2.45, 2.75) is 77.2 Å². The second-order valence-electron chi connectivity index (χ2n) is 9.15. The molecule has 1 heterocycles. The first-order valence-electron chi connectivity index (χ1n) is 11.3. The van der Waals surface area contributed by atoms with E-state index in [1.54, 1.807) is 0 Å². The normalized spacial score (nSPS) is 19.9. The number of hydrogen-bond acceptors (Lipinski definition) is 2. The first-order chi connectivity index (χ1) is 13.9. The highest BCUT2D eigenvalue weighted by Gasteiger charge is 2.32. The van der Waals surface area contributed by atoms with E-state index >= 15 is 0 Å². The van der Waals surface area contributed by atoms with Crippen LogP contribution in [0.2, 0.25) is 0 Å². The number of piperidine rings is 1. The summed E-state index contributed by atoms with van der Waals surface area (Å²) in [5.74, 6) is 0.730. The first kappa shape index (κ1) is 21.8. The molecule has 1 saturated heterocycles. The molecule has 1 aliphatic heterocycles. The van der Waals surface area contributed by atoms with Gasteiger partial charge in [-0.3, -0.25) is 9.59 Å². The molecule has 1 aromatic carbocycles. The van der Waals surface area contributed by atoms with Crippen LogP contribution in [0.5, 0.6) is 0 Å².